The molecular formula is C21H33N5O3. The van der Waals surface area contributed by atoms with Gasteiger partial charge in [-0.25, -0.2) is 0 Å². The van der Waals surface area contributed by atoms with Crippen LogP contribution in [0.4, 0.5) is 5.69 Å². The number of piperazine rings is 2. The van der Waals surface area contributed by atoms with Crippen molar-refractivity contribution in [3.05, 3.63) is 24.3 Å². The van der Waals surface area contributed by atoms with Crippen molar-refractivity contribution in [1.82, 2.24) is 20.0 Å². The number of ether oxygens (including phenoxy) is 1. The normalized spacial score (nSPS) is 18.6. The number of para-hydroxylation sites is 2. The van der Waals surface area contributed by atoms with Gasteiger partial charge in [0.15, 0.2) is 0 Å². The van der Waals surface area contributed by atoms with E-state index in [0.29, 0.717) is 32.8 Å². The molecule has 160 valence electrons. The number of benzene rings is 1. The highest BCUT2D eigenvalue weighted by atomic mass is 16.5. The van der Waals surface area contributed by atoms with E-state index in [1.807, 2.05) is 30.0 Å². The fourth-order valence-corrected chi connectivity index (χ4v) is 3.87. The molecule has 2 fully saturated rings. The average Bonchev–Trinajstić information content (AvgIpc) is 2.75. The van der Waals surface area contributed by atoms with Gasteiger partial charge in [-0.1, -0.05) is 12.1 Å². The van der Waals surface area contributed by atoms with Gasteiger partial charge in [0.1, 0.15) is 5.75 Å². The number of rotatable bonds is 7. The third kappa shape index (κ3) is 5.83. The number of carbonyl (C=O) groups excluding carboxylic acids is 2. The molecule has 29 heavy (non-hydrogen) atoms. The first-order valence-corrected chi connectivity index (χ1v) is 10.5. The lowest BCUT2D eigenvalue weighted by atomic mass is 10.2. The van der Waals surface area contributed by atoms with E-state index in [1.54, 1.807) is 7.05 Å². The quantitative estimate of drug-likeness (QED) is 0.697. The summed E-state index contributed by atoms with van der Waals surface area (Å²) in [5.41, 5.74) is 1.13. The van der Waals surface area contributed by atoms with E-state index in [2.05, 4.69) is 26.1 Å². The Kier molecular flexibility index (Phi) is 7.71. The molecule has 2 aliphatic heterocycles. The van der Waals surface area contributed by atoms with E-state index in [-0.39, 0.29) is 11.8 Å². The predicted molar refractivity (Wildman–Crippen MR) is 113 cm³/mol. The van der Waals surface area contributed by atoms with E-state index in [0.717, 1.165) is 50.7 Å². The summed E-state index contributed by atoms with van der Waals surface area (Å²) < 4.78 is 5.76. The fourth-order valence-electron chi connectivity index (χ4n) is 3.87. The maximum absolute atomic E-state index is 12.7. The zero-order valence-electron chi connectivity index (χ0n) is 17.6. The standard InChI is InChI=1S/C21H33N5O3/c1-3-29-19-7-5-4-6-18(19)25-12-8-24(9-13-25)17-21(28)26-14-10-23(11-15-26)16-20(27)22-2/h4-7H,3,8-17H2,1-2H3,(H,22,27). The molecule has 0 aliphatic carbocycles. The molecule has 1 aromatic carbocycles. The molecule has 2 saturated heterocycles. The van der Waals surface area contributed by atoms with Crippen molar-refractivity contribution in [3.63, 3.8) is 0 Å². The summed E-state index contributed by atoms with van der Waals surface area (Å²) in [6.45, 7) is 9.91. The van der Waals surface area contributed by atoms with Gasteiger partial charge in [-0.2, -0.15) is 0 Å². The minimum Gasteiger partial charge on any atom is -0.492 e. The molecule has 2 aliphatic rings. The Morgan fingerprint density at radius 3 is 2.21 bits per heavy atom. The first kappa shape index (κ1) is 21.4. The second-order valence-electron chi connectivity index (χ2n) is 7.49. The van der Waals surface area contributed by atoms with E-state index in [4.69, 9.17) is 4.74 Å². The molecule has 0 atom stereocenters. The maximum atomic E-state index is 12.7. The first-order valence-electron chi connectivity index (χ1n) is 10.5. The Balaban J connectivity index is 1.43. The summed E-state index contributed by atoms with van der Waals surface area (Å²) in [5, 5.41) is 2.65. The van der Waals surface area contributed by atoms with Gasteiger partial charge in [0.05, 0.1) is 25.4 Å². The Bertz CT molecular complexity index is 683. The fraction of sp³-hybridized carbons (Fsp3) is 0.619. The van der Waals surface area contributed by atoms with Crippen molar-refractivity contribution >= 4 is 17.5 Å². The lowest BCUT2D eigenvalue weighted by Gasteiger charge is -2.38. The van der Waals surface area contributed by atoms with E-state index >= 15 is 0 Å². The largest absolute Gasteiger partial charge is 0.492 e. The van der Waals surface area contributed by atoms with Crippen molar-refractivity contribution in [3.8, 4) is 5.75 Å². The van der Waals surface area contributed by atoms with Crippen LogP contribution in [0.5, 0.6) is 5.75 Å². The minimum absolute atomic E-state index is 0.0218. The average molecular weight is 404 g/mol. The molecule has 0 saturated carbocycles. The molecule has 0 unspecified atom stereocenters. The molecule has 0 spiro atoms. The second kappa shape index (κ2) is 10.5. The van der Waals surface area contributed by atoms with Gasteiger partial charge < -0.3 is 19.9 Å². The number of anilines is 1. The molecule has 2 heterocycles. The van der Waals surface area contributed by atoms with Gasteiger partial charge in [0.2, 0.25) is 11.8 Å². The van der Waals surface area contributed by atoms with Crippen LogP contribution in [0.1, 0.15) is 6.92 Å². The highest BCUT2D eigenvalue weighted by Gasteiger charge is 2.26. The topological polar surface area (TPSA) is 68.4 Å². The third-order valence-electron chi connectivity index (χ3n) is 5.61. The predicted octanol–water partition coefficient (Wildman–Crippen LogP) is 0.0975. The van der Waals surface area contributed by atoms with Crippen molar-refractivity contribution in [2.45, 2.75) is 6.92 Å². The highest BCUT2D eigenvalue weighted by Crippen LogP contribution is 2.28. The first-order chi connectivity index (χ1) is 14.1. The number of hydrogen-bond donors (Lipinski definition) is 1. The minimum atomic E-state index is 0.0218. The van der Waals surface area contributed by atoms with Gasteiger partial charge in [0.25, 0.3) is 0 Å². The smallest absolute Gasteiger partial charge is 0.236 e. The highest BCUT2D eigenvalue weighted by molar-refractivity contribution is 5.79. The van der Waals surface area contributed by atoms with Crippen LogP contribution in [-0.4, -0.2) is 106 Å². The maximum Gasteiger partial charge on any atom is 0.236 e. The zero-order chi connectivity index (χ0) is 20.6. The summed E-state index contributed by atoms with van der Waals surface area (Å²) in [6.07, 6.45) is 0. The molecule has 0 radical (unpaired) electrons. The Hall–Kier alpha value is -2.32. The molecule has 1 aromatic rings. The summed E-state index contributed by atoms with van der Waals surface area (Å²) in [4.78, 5) is 32.8. The summed E-state index contributed by atoms with van der Waals surface area (Å²) in [6, 6.07) is 8.15. The van der Waals surface area contributed by atoms with Crippen LogP contribution in [-0.2, 0) is 9.59 Å². The Morgan fingerprint density at radius 1 is 0.931 bits per heavy atom. The SMILES string of the molecule is CCOc1ccccc1N1CCN(CC(=O)N2CCN(CC(=O)NC)CC2)CC1. The molecule has 1 N–H and O–H groups in total. The number of nitrogens with zero attached hydrogens (tertiary/aromatic N) is 4. The number of hydrogen-bond acceptors (Lipinski definition) is 6. The molecular weight excluding hydrogens is 370 g/mol. The Labute approximate surface area is 173 Å². The second-order valence-corrected chi connectivity index (χ2v) is 7.49. The third-order valence-corrected chi connectivity index (χ3v) is 5.61. The van der Waals surface area contributed by atoms with Gasteiger partial charge in [-0.05, 0) is 19.1 Å². The van der Waals surface area contributed by atoms with Gasteiger partial charge >= 0.3 is 0 Å². The van der Waals surface area contributed by atoms with Crippen LogP contribution in [0.2, 0.25) is 0 Å². The van der Waals surface area contributed by atoms with Crippen molar-refractivity contribution in [2.75, 3.05) is 84.0 Å². The lowest BCUT2D eigenvalue weighted by Crippen LogP contribution is -2.54. The van der Waals surface area contributed by atoms with Gasteiger partial charge in [-0.15, -0.1) is 0 Å². The van der Waals surface area contributed by atoms with Crippen LogP contribution in [0.25, 0.3) is 0 Å². The van der Waals surface area contributed by atoms with Crippen LogP contribution < -0.4 is 15.0 Å². The summed E-state index contributed by atoms with van der Waals surface area (Å²) >= 11 is 0. The molecule has 0 aromatic heterocycles. The number of likely N-dealkylation sites (N-methyl/N-ethyl adjacent to an activating group) is 1. The van der Waals surface area contributed by atoms with E-state index in [1.165, 1.54) is 0 Å². The van der Waals surface area contributed by atoms with Crippen LogP contribution in [0, 0.1) is 0 Å². The van der Waals surface area contributed by atoms with Gasteiger partial charge in [-0.3, -0.25) is 19.4 Å². The molecule has 3 rings (SSSR count). The van der Waals surface area contributed by atoms with Crippen LogP contribution in [0.3, 0.4) is 0 Å². The van der Waals surface area contributed by atoms with Crippen LogP contribution >= 0.6 is 0 Å². The molecule has 8 nitrogen and oxygen atoms in total. The Morgan fingerprint density at radius 2 is 1.55 bits per heavy atom. The van der Waals surface area contributed by atoms with E-state index < -0.39 is 0 Å². The van der Waals surface area contributed by atoms with Crippen molar-refractivity contribution in [2.24, 2.45) is 0 Å². The van der Waals surface area contributed by atoms with E-state index in [9.17, 15) is 9.59 Å². The molecule has 0 bridgehead atoms. The number of amides is 2. The summed E-state index contributed by atoms with van der Waals surface area (Å²) in [5.74, 6) is 1.13. The zero-order valence-corrected chi connectivity index (χ0v) is 17.6. The lowest BCUT2D eigenvalue weighted by molar-refractivity contribution is -0.134. The van der Waals surface area contributed by atoms with Crippen molar-refractivity contribution < 1.29 is 14.3 Å². The number of carbonyl (C=O) groups is 2. The summed E-state index contributed by atoms with van der Waals surface area (Å²) in [7, 11) is 1.65. The number of nitrogens with one attached hydrogen (secondary N) is 1. The van der Waals surface area contributed by atoms with Crippen LogP contribution in [0.15, 0.2) is 24.3 Å². The van der Waals surface area contributed by atoms with Gasteiger partial charge in [0, 0.05) is 59.4 Å². The van der Waals surface area contributed by atoms with Crippen molar-refractivity contribution in [1.29, 1.82) is 0 Å². The molecule has 2 amide bonds. The molecule has 8 heteroatoms. The monoisotopic (exact) mass is 403 g/mol.